The molecule has 0 saturated carbocycles. The van der Waals surface area contributed by atoms with Crippen molar-refractivity contribution in [1.82, 2.24) is 9.55 Å². The molecule has 0 unspecified atom stereocenters. The molecule has 0 fully saturated rings. The highest BCUT2D eigenvalue weighted by Crippen LogP contribution is 2.35. The van der Waals surface area contributed by atoms with Gasteiger partial charge in [0.15, 0.2) is 0 Å². The largest absolute Gasteiger partial charge is 0.325 e. The first-order chi connectivity index (χ1) is 13.9. The van der Waals surface area contributed by atoms with Crippen LogP contribution in [0.1, 0.15) is 16.0 Å². The number of amides is 1. The van der Waals surface area contributed by atoms with Crippen molar-refractivity contribution in [1.29, 1.82) is 0 Å². The summed E-state index contributed by atoms with van der Waals surface area (Å²) in [4.78, 5) is 31.9. The number of benzene rings is 2. The molecule has 1 amide bonds. The summed E-state index contributed by atoms with van der Waals surface area (Å²) in [6.45, 7) is 5.93. The van der Waals surface area contributed by atoms with Crippen LogP contribution in [0.3, 0.4) is 0 Å². The lowest BCUT2D eigenvalue weighted by Crippen LogP contribution is -2.27. The Bertz CT molecular complexity index is 1270. The lowest BCUT2D eigenvalue weighted by atomic mass is 10.0. The van der Waals surface area contributed by atoms with Crippen molar-refractivity contribution >= 4 is 33.1 Å². The Balaban J connectivity index is 1.68. The Kier molecular flexibility index (Phi) is 5.03. The van der Waals surface area contributed by atoms with Crippen LogP contribution >= 0.6 is 11.3 Å². The zero-order chi connectivity index (χ0) is 20.5. The minimum Gasteiger partial charge on any atom is -0.325 e. The predicted octanol–water partition coefficient (Wildman–Crippen LogP) is 4.69. The number of carbonyl (C=O) groups is 1. The number of nitrogens with zero attached hydrogens (tertiary/aromatic N) is 2. The average Bonchev–Trinajstić information content (AvgIpc) is 3.04. The van der Waals surface area contributed by atoms with Gasteiger partial charge >= 0.3 is 0 Å². The van der Waals surface area contributed by atoms with E-state index in [1.807, 2.05) is 69.3 Å². The van der Waals surface area contributed by atoms with Crippen molar-refractivity contribution < 1.29 is 4.79 Å². The van der Waals surface area contributed by atoms with Gasteiger partial charge in [0.2, 0.25) is 5.91 Å². The number of hydrogen-bond donors (Lipinski definition) is 1. The second-order valence-corrected chi connectivity index (χ2v) is 8.31. The van der Waals surface area contributed by atoms with E-state index in [1.165, 1.54) is 22.2 Å². The van der Waals surface area contributed by atoms with Crippen molar-refractivity contribution in [3.8, 4) is 11.1 Å². The summed E-state index contributed by atoms with van der Waals surface area (Å²) in [7, 11) is 0. The summed E-state index contributed by atoms with van der Waals surface area (Å²) in [6, 6.07) is 15.6. The molecule has 0 bridgehead atoms. The second kappa shape index (κ2) is 7.64. The van der Waals surface area contributed by atoms with Gasteiger partial charge < -0.3 is 5.32 Å². The smallest absolute Gasteiger partial charge is 0.263 e. The van der Waals surface area contributed by atoms with Gasteiger partial charge in [0.05, 0.1) is 11.7 Å². The lowest BCUT2D eigenvalue weighted by Gasteiger charge is -2.09. The summed E-state index contributed by atoms with van der Waals surface area (Å²) in [5, 5.41) is 3.43. The Hall–Kier alpha value is -3.25. The number of anilines is 1. The molecule has 4 aromatic rings. The molecule has 5 nitrogen and oxygen atoms in total. The van der Waals surface area contributed by atoms with E-state index in [1.54, 1.807) is 0 Å². The normalized spacial score (nSPS) is 11.0. The molecule has 0 saturated heterocycles. The molecule has 0 aliphatic heterocycles. The third kappa shape index (κ3) is 3.71. The van der Waals surface area contributed by atoms with E-state index in [9.17, 15) is 9.59 Å². The molecule has 0 aliphatic rings. The van der Waals surface area contributed by atoms with E-state index in [0.717, 1.165) is 32.8 Å². The maximum Gasteiger partial charge on any atom is 0.263 e. The molecule has 2 aromatic carbocycles. The number of hydrogen-bond acceptors (Lipinski definition) is 4. The van der Waals surface area contributed by atoms with Crippen molar-refractivity contribution in [2.75, 3.05) is 5.32 Å². The molecule has 6 heteroatoms. The first-order valence-electron chi connectivity index (χ1n) is 9.35. The number of thiophene rings is 1. The maximum atomic E-state index is 13.2. The zero-order valence-corrected chi connectivity index (χ0v) is 17.3. The van der Waals surface area contributed by atoms with Crippen molar-refractivity contribution in [3.63, 3.8) is 0 Å². The molecule has 146 valence electrons. The summed E-state index contributed by atoms with van der Waals surface area (Å²) in [6.07, 6.45) is 1.45. The number of rotatable bonds is 4. The Morgan fingerprint density at radius 3 is 2.55 bits per heavy atom. The number of nitrogens with one attached hydrogen (secondary N) is 1. The molecule has 0 radical (unpaired) electrons. The number of aryl methyl sites for hydroxylation is 3. The Morgan fingerprint density at radius 1 is 1.07 bits per heavy atom. The average molecular weight is 404 g/mol. The summed E-state index contributed by atoms with van der Waals surface area (Å²) < 4.78 is 1.37. The summed E-state index contributed by atoms with van der Waals surface area (Å²) >= 11 is 1.50. The summed E-state index contributed by atoms with van der Waals surface area (Å²) in [5.74, 6) is -0.260. The quantitative estimate of drug-likeness (QED) is 0.538. The van der Waals surface area contributed by atoms with Gasteiger partial charge in [-0.15, -0.1) is 11.3 Å². The van der Waals surface area contributed by atoms with Crippen LogP contribution in [0.25, 0.3) is 21.3 Å². The van der Waals surface area contributed by atoms with E-state index in [4.69, 9.17) is 0 Å². The predicted molar refractivity (Wildman–Crippen MR) is 119 cm³/mol. The monoisotopic (exact) mass is 403 g/mol. The van der Waals surface area contributed by atoms with Gasteiger partial charge in [0, 0.05) is 16.1 Å². The van der Waals surface area contributed by atoms with Gasteiger partial charge in [0.25, 0.3) is 5.56 Å². The van der Waals surface area contributed by atoms with Crippen LogP contribution in [-0.4, -0.2) is 15.5 Å². The molecule has 2 heterocycles. The maximum absolute atomic E-state index is 13.2. The summed E-state index contributed by atoms with van der Waals surface area (Å²) in [5.41, 5.74) is 4.66. The SMILES string of the molecule is Cc1ccc(NC(=O)Cn2cnc3sc(C)c(-c4ccccc4)c3c2=O)cc1C. The van der Waals surface area contributed by atoms with Crippen LogP contribution in [-0.2, 0) is 11.3 Å². The van der Waals surface area contributed by atoms with E-state index >= 15 is 0 Å². The van der Waals surface area contributed by atoms with Crippen LogP contribution in [0.15, 0.2) is 59.7 Å². The number of carbonyl (C=O) groups excluding carboxylic acids is 1. The number of fused-ring (bicyclic) bond motifs is 1. The van der Waals surface area contributed by atoms with Gasteiger partial charge in [-0.3, -0.25) is 14.2 Å². The fourth-order valence-electron chi connectivity index (χ4n) is 3.38. The highest BCUT2D eigenvalue weighted by Gasteiger charge is 2.17. The van der Waals surface area contributed by atoms with Crippen LogP contribution in [0.5, 0.6) is 0 Å². The molecule has 2 aromatic heterocycles. The molecule has 29 heavy (non-hydrogen) atoms. The van der Waals surface area contributed by atoms with Crippen LogP contribution in [0.2, 0.25) is 0 Å². The first kappa shape index (κ1) is 19.1. The van der Waals surface area contributed by atoms with Gasteiger partial charge in [-0.2, -0.15) is 0 Å². The van der Waals surface area contributed by atoms with E-state index in [2.05, 4.69) is 10.3 Å². The van der Waals surface area contributed by atoms with Gasteiger partial charge in [0.1, 0.15) is 11.4 Å². The fourth-order valence-corrected chi connectivity index (χ4v) is 4.38. The van der Waals surface area contributed by atoms with Gasteiger partial charge in [-0.1, -0.05) is 36.4 Å². The van der Waals surface area contributed by atoms with E-state index in [-0.39, 0.29) is 18.0 Å². The van der Waals surface area contributed by atoms with Crippen LogP contribution < -0.4 is 10.9 Å². The molecule has 4 rings (SSSR count). The molecular formula is C23H21N3O2S. The standard InChI is InChI=1S/C23H21N3O2S/c1-14-9-10-18(11-15(14)2)25-19(27)12-26-13-24-22-21(23(26)28)20(16(3)29-22)17-7-5-4-6-8-17/h4-11,13H,12H2,1-3H3,(H,25,27). The third-order valence-electron chi connectivity index (χ3n) is 5.02. The van der Waals surface area contributed by atoms with Crippen LogP contribution in [0.4, 0.5) is 5.69 Å². The first-order valence-corrected chi connectivity index (χ1v) is 10.2. The van der Waals surface area contributed by atoms with Crippen molar-refractivity contribution in [2.45, 2.75) is 27.3 Å². The van der Waals surface area contributed by atoms with Gasteiger partial charge in [-0.25, -0.2) is 4.98 Å². The minimum atomic E-state index is -0.260. The van der Waals surface area contributed by atoms with E-state index < -0.39 is 0 Å². The topological polar surface area (TPSA) is 64.0 Å². The van der Waals surface area contributed by atoms with Crippen LogP contribution in [0, 0.1) is 20.8 Å². The molecule has 0 spiro atoms. The van der Waals surface area contributed by atoms with Crippen molar-refractivity contribution in [2.24, 2.45) is 0 Å². The highest BCUT2D eigenvalue weighted by molar-refractivity contribution is 7.19. The highest BCUT2D eigenvalue weighted by atomic mass is 32.1. The van der Waals surface area contributed by atoms with Gasteiger partial charge in [-0.05, 0) is 49.6 Å². The Morgan fingerprint density at radius 2 is 1.83 bits per heavy atom. The Labute approximate surface area is 172 Å². The zero-order valence-electron chi connectivity index (χ0n) is 16.5. The fraction of sp³-hybridized carbons (Fsp3) is 0.174. The molecule has 0 aliphatic carbocycles. The lowest BCUT2D eigenvalue weighted by molar-refractivity contribution is -0.116. The third-order valence-corrected chi connectivity index (χ3v) is 6.04. The number of aromatic nitrogens is 2. The van der Waals surface area contributed by atoms with Crippen molar-refractivity contribution in [3.05, 3.63) is 81.2 Å². The molecular weight excluding hydrogens is 382 g/mol. The molecule has 1 N–H and O–H groups in total. The van der Waals surface area contributed by atoms with E-state index in [0.29, 0.717) is 10.2 Å². The minimum absolute atomic E-state index is 0.0855. The molecule has 0 atom stereocenters. The second-order valence-electron chi connectivity index (χ2n) is 7.10.